The minimum Gasteiger partial charge on any atom is -0.351 e. The summed E-state index contributed by atoms with van der Waals surface area (Å²) >= 11 is 0. The molecule has 4 aliphatic rings. The number of rotatable bonds is 10. The van der Waals surface area contributed by atoms with E-state index >= 15 is 0 Å². The number of nitrogens with zero attached hydrogens (tertiary/aromatic N) is 7. The van der Waals surface area contributed by atoms with E-state index in [4.69, 9.17) is 0 Å². The third kappa shape index (κ3) is 19.1. The maximum atomic E-state index is 14.9. The lowest BCUT2D eigenvalue weighted by molar-refractivity contribution is -0.149. The van der Waals surface area contributed by atoms with Crippen molar-refractivity contribution in [2.24, 2.45) is 17.8 Å². The number of alkyl halides is 3. The number of carbonyl (C=O) groups excluding carboxylic acids is 11. The van der Waals surface area contributed by atoms with Gasteiger partial charge in [-0.2, -0.15) is 13.2 Å². The summed E-state index contributed by atoms with van der Waals surface area (Å²) in [5.41, 5.74) is -2.93. The van der Waals surface area contributed by atoms with Gasteiger partial charge >= 0.3 is 6.18 Å². The molecule has 89 heavy (non-hydrogen) atoms. The summed E-state index contributed by atoms with van der Waals surface area (Å²) in [6, 6.07) is -5.54. The molecule has 1 aromatic carbocycles. The molecule has 5 rings (SSSR count). The van der Waals surface area contributed by atoms with Crippen LogP contribution in [0.5, 0.6) is 0 Å². The van der Waals surface area contributed by atoms with Crippen LogP contribution < -0.4 is 21.3 Å². The summed E-state index contributed by atoms with van der Waals surface area (Å²) < 4.78 is 55.7. The van der Waals surface area contributed by atoms with Crippen LogP contribution in [0.3, 0.4) is 0 Å². The number of nitrogens with one attached hydrogen (secondary N) is 4. The van der Waals surface area contributed by atoms with Crippen molar-refractivity contribution in [3.05, 3.63) is 35.1 Å². The Kier molecular flexibility index (Phi) is 26.4. The Hall–Kier alpha value is -6.89. The van der Waals surface area contributed by atoms with Crippen molar-refractivity contribution < 1.29 is 70.3 Å². The molecule has 1 aromatic rings. The standard InChI is InChI=1S/C63H97F4N11O11/c1-13-39(5)54-60(88)74(9)36-52(81)72(7)37-53(82)76(11)49(34-41-21-16-15-17-22-41)59(87)73(8)35-50(79)69-45(27-25-42-24-26-43(44(64)33-42)63(65,66)67)58(86)78-30-20-23-47(78)57(85)71-62(28-18-19-29-62)61(89)77(12)46(14-2)55(83)68-40(6)32-51(80)75(10)48(31-38(3)4)56(84)70-54/h24,26,33,38-41,45-49,54H,13-23,25,27-32,34-37H2,1-12H3,(H,68,83)(H,69,79)(H,70,84)(H,71,85)/t39-,40+,45-,46-,47?,48-,49-,54-/m0/s1. The lowest BCUT2D eigenvalue weighted by Gasteiger charge is -2.38. The molecule has 0 radical (unpaired) electrons. The molecule has 2 aliphatic carbocycles. The number of halogens is 4. The summed E-state index contributed by atoms with van der Waals surface area (Å²) in [6.07, 6.45) is 1.47. The molecule has 0 aromatic heterocycles. The Balaban J connectivity index is 1.53. The molecule has 0 bridgehead atoms. The quantitative estimate of drug-likeness (QED) is 0.239. The normalized spacial score (nSPS) is 26.4. The summed E-state index contributed by atoms with van der Waals surface area (Å²) in [5, 5.41) is 11.4. The van der Waals surface area contributed by atoms with Gasteiger partial charge in [-0.1, -0.05) is 92.1 Å². The predicted octanol–water partition coefficient (Wildman–Crippen LogP) is 4.40. The Bertz CT molecular complexity index is 2720. The van der Waals surface area contributed by atoms with E-state index in [9.17, 15) is 70.3 Å². The van der Waals surface area contributed by atoms with Gasteiger partial charge in [0.25, 0.3) is 0 Å². The molecule has 2 saturated heterocycles. The van der Waals surface area contributed by atoms with Gasteiger partial charge in [0.15, 0.2) is 0 Å². The van der Waals surface area contributed by atoms with Crippen molar-refractivity contribution in [1.82, 2.24) is 55.6 Å². The van der Waals surface area contributed by atoms with Crippen molar-refractivity contribution >= 4 is 65.0 Å². The van der Waals surface area contributed by atoms with Crippen LogP contribution in [0.25, 0.3) is 0 Å². The minimum absolute atomic E-state index is 0.0178. The topological polar surface area (TPSA) is 259 Å². The van der Waals surface area contributed by atoms with E-state index in [-0.39, 0.29) is 81.7 Å². The fourth-order valence-electron chi connectivity index (χ4n) is 12.8. The van der Waals surface area contributed by atoms with Gasteiger partial charge in [0.1, 0.15) is 47.6 Å². The molecule has 11 amide bonds. The molecule has 498 valence electrons. The summed E-state index contributed by atoms with van der Waals surface area (Å²) in [6.45, 7) is 9.01. The monoisotopic (exact) mass is 1260 g/mol. The number of carbonyl (C=O) groups is 11. The lowest BCUT2D eigenvalue weighted by Crippen LogP contribution is -2.64. The van der Waals surface area contributed by atoms with Crippen LogP contribution in [-0.4, -0.2) is 216 Å². The second-order valence-corrected chi connectivity index (χ2v) is 25.8. The molecule has 2 saturated carbocycles. The Morgan fingerprint density at radius 1 is 0.640 bits per heavy atom. The van der Waals surface area contributed by atoms with Crippen LogP contribution in [-0.2, 0) is 65.3 Å². The molecule has 1 spiro atoms. The van der Waals surface area contributed by atoms with Crippen LogP contribution in [0.2, 0.25) is 0 Å². The van der Waals surface area contributed by atoms with Crippen molar-refractivity contribution in [2.75, 3.05) is 68.5 Å². The number of hydrogen-bond donors (Lipinski definition) is 4. The zero-order valence-electron chi connectivity index (χ0n) is 54.2. The molecular weight excluding hydrogens is 1160 g/mol. The van der Waals surface area contributed by atoms with Gasteiger partial charge in [-0.05, 0) is 100 Å². The minimum atomic E-state index is -4.99. The maximum absolute atomic E-state index is 14.9. The lowest BCUT2D eigenvalue weighted by atomic mass is 9.84. The van der Waals surface area contributed by atoms with Crippen LogP contribution >= 0.6 is 0 Å². The predicted molar refractivity (Wildman–Crippen MR) is 323 cm³/mol. The summed E-state index contributed by atoms with van der Waals surface area (Å²) in [5.74, 6) is -9.14. The molecule has 22 nitrogen and oxygen atoms in total. The molecule has 8 atom stereocenters. The Labute approximate surface area is 521 Å². The van der Waals surface area contributed by atoms with Crippen LogP contribution in [0.1, 0.15) is 162 Å². The van der Waals surface area contributed by atoms with Crippen molar-refractivity contribution in [1.29, 1.82) is 0 Å². The van der Waals surface area contributed by atoms with Crippen molar-refractivity contribution in [3.8, 4) is 0 Å². The molecular formula is C63H97F4N11O11. The SMILES string of the molecule is CC[C@H](C)[C@@H]1NC(=O)[C@H](CC(C)C)N(C)C(=O)C[C@@H](C)NC(=O)[C@H](CC)N(C)C(=O)C2(CCCC2)NC(=O)C2CCCN2C(=O)[C@H](CCc2ccc(C(F)(F)F)c(F)c2)NC(=O)CN(C)C(=O)[C@H](CC2CCCCC2)N(C)C(=O)CN(C)C(=O)CN(C)C1=O. The van der Waals surface area contributed by atoms with E-state index in [1.165, 1.54) is 61.9 Å². The molecule has 4 N–H and O–H groups in total. The average Bonchev–Trinajstić information content (AvgIpc) is 2.42. The van der Waals surface area contributed by atoms with E-state index in [1.807, 2.05) is 20.8 Å². The van der Waals surface area contributed by atoms with Gasteiger partial charge in [-0.25, -0.2) is 4.39 Å². The largest absolute Gasteiger partial charge is 0.419 e. The summed E-state index contributed by atoms with van der Waals surface area (Å²) in [7, 11) is 8.44. The third-order valence-electron chi connectivity index (χ3n) is 18.5. The first-order valence-corrected chi connectivity index (χ1v) is 31.7. The van der Waals surface area contributed by atoms with Crippen LogP contribution in [0.4, 0.5) is 17.6 Å². The van der Waals surface area contributed by atoms with E-state index in [1.54, 1.807) is 20.8 Å². The molecule has 4 fully saturated rings. The number of hydrogen-bond acceptors (Lipinski definition) is 11. The Morgan fingerprint density at radius 2 is 1.25 bits per heavy atom. The highest BCUT2D eigenvalue weighted by Crippen LogP contribution is 2.35. The number of benzene rings is 1. The van der Waals surface area contributed by atoms with Gasteiger partial charge in [-0.15, -0.1) is 0 Å². The van der Waals surface area contributed by atoms with Gasteiger partial charge < -0.3 is 55.6 Å². The van der Waals surface area contributed by atoms with Gasteiger partial charge in [0, 0.05) is 61.3 Å². The van der Waals surface area contributed by atoms with Crippen LogP contribution in [0, 0.1) is 23.6 Å². The highest BCUT2D eigenvalue weighted by molar-refractivity contribution is 5.99. The molecule has 1 unspecified atom stereocenters. The zero-order valence-corrected chi connectivity index (χ0v) is 54.2. The van der Waals surface area contributed by atoms with E-state index in [2.05, 4.69) is 21.3 Å². The van der Waals surface area contributed by atoms with E-state index in [0.717, 1.165) is 52.9 Å². The van der Waals surface area contributed by atoms with Crippen molar-refractivity contribution in [3.63, 3.8) is 0 Å². The first kappa shape index (κ1) is 72.9. The third-order valence-corrected chi connectivity index (χ3v) is 18.5. The number of likely N-dealkylation sites (N-methyl/N-ethyl adjacent to an activating group) is 6. The van der Waals surface area contributed by atoms with Gasteiger partial charge in [-0.3, -0.25) is 52.7 Å². The second-order valence-electron chi connectivity index (χ2n) is 25.8. The average molecular weight is 1260 g/mol. The number of fused-ring (bicyclic) bond motifs is 1. The first-order valence-electron chi connectivity index (χ1n) is 31.7. The maximum Gasteiger partial charge on any atom is 0.419 e. The number of amides is 11. The smallest absolute Gasteiger partial charge is 0.351 e. The fraction of sp³-hybridized carbons (Fsp3) is 0.730. The fourth-order valence-corrected chi connectivity index (χ4v) is 12.8. The van der Waals surface area contributed by atoms with Gasteiger partial charge in [0.05, 0.1) is 25.2 Å². The first-order chi connectivity index (χ1) is 41.7. The van der Waals surface area contributed by atoms with Crippen molar-refractivity contribution in [2.45, 2.75) is 211 Å². The van der Waals surface area contributed by atoms with E-state index in [0.29, 0.717) is 37.8 Å². The van der Waals surface area contributed by atoms with Gasteiger partial charge in [0.2, 0.25) is 65.0 Å². The van der Waals surface area contributed by atoms with Crippen LogP contribution in [0.15, 0.2) is 18.2 Å². The highest BCUT2D eigenvalue weighted by atomic mass is 19.4. The molecule has 2 heterocycles. The number of aryl methyl sites for hydroxylation is 1. The summed E-state index contributed by atoms with van der Waals surface area (Å²) in [4.78, 5) is 167. The van der Waals surface area contributed by atoms with E-state index < -0.39 is 156 Å². The second kappa shape index (κ2) is 32.2. The zero-order chi connectivity index (χ0) is 66.4. The molecule has 2 aliphatic heterocycles. The molecule has 26 heteroatoms. The highest BCUT2D eigenvalue weighted by Gasteiger charge is 2.49. The Morgan fingerprint density at radius 3 is 1.84 bits per heavy atom.